The highest BCUT2D eigenvalue weighted by molar-refractivity contribution is 5.93. The number of hydrogen-bond acceptors (Lipinski definition) is 3. The van der Waals surface area contributed by atoms with Crippen molar-refractivity contribution in [1.29, 1.82) is 0 Å². The zero-order valence-electron chi connectivity index (χ0n) is 9.95. The van der Waals surface area contributed by atoms with Crippen LogP contribution >= 0.6 is 0 Å². The molecule has 2 rings (SSSR count). The number of nitrogens with zero attached hydrogens (tertiary/aromatic N) is 2. The summed E-state index contributed by atoms with van der Waals surface area (Å²) in [5, 5.41) is 2.83. The molecule has 1 aromatic rings. The van der Waals surface area contributed by atoms with Gasteiger partial charge in [0, 0.05) is 17.5 Å². The minimum atomic E-state index is -0.0969. The van der Waals surface area contributed by atoms with E-state index in [-0.39, 0.29) is 17.2 Å². The fraction of sp³-hybridized carbons (Fsp3) is 0.583. The molecule has 16 heavy (non-hydrogen) atoms. The van der Waals surface area contributed by atoms with Crippen molar-refractivity contribution < 1.29 is 4.79 Å². The van der Waals surface area contributed by atoms with Gasteiger partial charge in [-0.3, -0.25) is 4.79 Å². The van der Waals surface area contributed by atoms with Gasteiger partial charge in [-0.1, -0.05) is 20.8 Å². The normalized spacial score (nSPS) is 15.9. The highest BCUT2D eigenvalue weighted by Crippen LogP contribution is 2.30. The largest absolute Gasteiger partial charge is 0.310 e. The molecule has 0 saturated heterocycles. The predicted octanol–water partition coefficient (Wildman–Crippen LogP) is 2.12. The van der Waals surface area contributed by atoms with Crippen molar-refractivity contribution >= 4 is 11.7 Å². The summed E-state index contributed by atoms with van der Waals surface area (Å²) in [6, 6.07) is 1.73. The van der Waals surface area contributed by atoms with Gasteiger partial charge in [0.1, 0.15) is 11.6 Å². The predicted molar refractivity (Wildman–Crippen MR) is 62.1 cm³/mol. The first-order valence-corrected chi connectivity index (χ1v) is 5.61. The van der Waals surface area contributed by atoms with Crippen molar-refractivity contribution in [3.63, 3.8) is 0 Å². The Morgan fingerprint density at radius 2 is 2.12 bits per heavy atom. The molecule has 1 saturated carbocycles. The maximum Gasteiger partial charge on any atom is 0.228 e. The number of nitrogens with one attached hydrogen (secondary N) is 1. The fourth-order valence-electron chi connectivity index (χ4n) is 1.36. The summed E-state index contributed by atoms with van der Waals surface area (Å²) in [7, 11) is 0. The number of carbonyl (C=O) groups is 1. The van der Waals surface area contributed by atoms with Crippen LogP contribution in [0.1, 0.15) is 39.4 Å². The third-order valence-electron chi connectivity index (χ3n) is 2.53. The van der Waals surface area contributed by atoms with Gasteiger partial charge in [0.25, 0.3) is 0 Å². The molecule has 0 spiro atoms. The van der Waals surface area contributed by atoms with Gasteiger partial charge in [-0.05, 0) is 18.9 Å². The molecule has 4 nitrogen and oxygen atoms in total. The first-order valence-electron chi connectivity index (χ1n) is 5.61. The first kappa shape index (κ1) is 11.0. The van der Waals surface area contributed by atoms with Crippen LogP contribution in [0.15, 0.2) is 12.3 Å². The molecular formula is C12H17N3O. The Balaban J connectivity index is 2.12. The smallest absolute Gasteiger partial charge is 0.228 e. The van der Waals surface area contributed by atoms with Gasteiger partial charge in [0.05, 0.1) is 0 Å². The first-order chi connectivity index (χ1) is 7.47. The molecule has 0 radical (unpaired) electrons. The minimum absolute atomic E-state index is 0.0820. The van der Waals surface area contributed by atoms with Crippen molar-refractivity contribution in [2.45, 2.75) is 39.0 Å². The average molecular weight is 219 g/mol. The van der Waals surface area contributed by atoms with Crippen LogP contribution in [0.2, 0.25) is 0 Å². The molecular weight excluding hydrogens is 202 g/mol. The molecule has 0 bridgehead atoms. The van der Waals surface area contributed by atoms with Crippen molar-refractivity contribution in [3.8, 4) is 0 Å². The highest BCUT2D eigenvalue weighted by Gasteiger charge is 2.30. The quantitative estimate of drug-likeness (QED) is 0.829. The fourth-order valence-corrected chi connectivity index (χ4v) is 1.36. The lowest BCUT2D eigenvalue weighted by molar-refractivity contribution is -0.117. The van der Waals surface area contributed by atoms with E-state index in [0.717, 1.165) is 18.7 Å². The molecule has 1 N–H and O–H groups in total. The van der Waals surface area contributed by atoms with Crippen LogP contribution in [-0.4, -0.2) is 15.9 Å². The van der Waals surface area contributed by atoms with Crippen molar-refractivity contribution in [1.82, 2.24) is 9.97 Å². The molecule has 0 aromatic carbocycles. The van der Waals surface area contributed by atoms with Crippen LogP contribution in [0, 0.1) is 5.92 Å². The zero-order valence-corrected chi connectivity index (χ0v) is 9.95. The standard InChI is InChI=1S/C12H17N3O/c1-12(2,3)11-13-7-6-9(15-11)14-10(16)8-4-5-8/h6-8H,4-5H2,1-3H3,(H,13,14,15,16). The summed E-state index contributed by atoms with van der Waals surface area (Å²) in [5.41, 5.74) is -0.0969. The van der Waals surface area contributed by atoms with Crippen molar-refractivity contribution in [2.75, 3.05) is 5.32 Å². The van der Waals surface area contributed by atoms with Crippen LogP contribution in [0.25, 0.3) is 0 Å². The van der Waals surface area contributed by atoms with E-state index in [1.807, 2.05) is 0 Å². The third-order valence-corrected chi connectivity index (χ3v) is 2.53. The Hall–Kier alpha value is -1.45. The summed E-state index contributed by atoms with van der Waals surface area (Å²) >= 11 is 0. The summed E-state index contributed by atoms with van der Waals surface area (Å²) in [5.74, 6) is 1.64. The van der Waals surface area contributed by atoms with Crippen molar-refractivity contribution in [2.24, 2.45) is 5.92 Å². The molecule has 1 heterocycles. The molecule has 4 heteroatoms. The van der Waals surface area contributed by atoms with Crippen LogP contribution < -0.4 is 5.32 Å². The van der Waals surface area contributed by atoms with Gasteiger partial charge in [0.15, 0.2) is 0 Å². The van der Waals surface area contributed by atoms with E-state index in [2.05, 4.69) is 36.1 Å². The molecule has 1 aliphatic carbocycles. The number of carbonyl (C=O) groups excluding carboxylic acids is 1. The molecule has 1 fully saturated rings. The van der Waals surface area contributed by atoms with Gasteiger partial charge in [-0.15, -0.1) is 0 Å². The summed E-state index contributed by atoms with van der Waals surface area (Å²) in [6.07, 6.45) is 3.70. The molecule has 0 atom stereocenters. The van der Waals surface area contributed by atoms with E-state index in [0.29, 0.717) is 5.82 Å². The van der Waals surface area contributed by atoms with Crippen LogP contribution in [0.3, 0.4) is 0 Å². The van der Waals surface area contributed by atoms with E-state index >= 15 is 0 Å². The Morgan fingerprint density at radius 3 is 2.69 bits per heavy atom. The maximum atomic E-state index is 11.6. The Bertz CT molecular complexity index is 405. The molecule has 1 amide bonds. The van der Waals surface area contributed by atoms with Gasteiger partial charge < -0.3 is 5.32 Å². The second-order valence-electron chi connectivity index (χ2n) is 5.28. The van der Waals surface area contributed by atoms with E-state index in [4.69, 9.17) is 0 Å². The number of aromatic nitrogens is 2. The lowest BCUT2D eigenvalue weighted by Gasteiger charge is -2.16. The van der Waals surface area contributed by atoms with E-state index in [1.54, 1.807) is 12.3 Å². The van der Waals surface area contributed by atoms with Crippen LogP contribution in [-0.2, 0) is 10.2 Å². The number of anilines is 1. The van der Waals surface area contributed by atoms with Crippen LogP contribution in [0.5, 0.6) is 0 Å². The number of hydrogen-bond donors (Lipinski definition) is 1. The summed E-state index contributed by atoms with van der Waals surface area (Å²) < 4.78 is 0. The van der Waals surface area contributed by atoms with Gasteiger partial charge in [-0.2, -0.15) is 0 Å². The van der Waals surface area contributed by atoms with Crippen LogP contribution in [0.4, 0.5) is 5.82 Å². The van der Waals surface area contributed by atoms with E-state index in [9.17, 15) is 4.79 Å². The lowest BCUT2D eigenvalue weighted by atomic mass is 9.96. The summed E-state index contributed by atoms with van der Waals surface area (Å²) in [4.78, 5) is 20.1. The third kappa shape index (κ3) is 2.56. The molecule has 86 valence electrons. The second-order valence-corrected chi connectivity index (χ2v) is 5.28. The molecule has 1 aliphatic rings. The number of rotatable bonds is 2. The van der Waals surface area contributed by atoms with Gasteiger partial charge >= 0.3 is 0 Å². The van der Waals surface area contributed by atoms with E-state index < -0.39 is 0 Å². The lowest BCUT2D eigenvalue weighted by Crippen LogP contribution is -2.19. The second kappa shape index (κ2) is 3.85. The Morgan fingerprint density at radius 1 is 1.44 bits per heavy atom. The monoisotopic (exact) mass is 219 g/mol. The zero-order chi connectivity index (χ0) is 11.8. The SMILES string of the molecule is CC(C)(C)c1nccc(NC(=O)C2CC2)n1. The highest BCUT2D eigenvalue weighted by atomic mass is 16.2. The summed E-state index contributed by atoms with van der Waals surface area (Å²) in [6.45, 7) is 6.15. The number of amides is 1. The Kier molecular flexibility index (Phi) is 2.66. The van der Waals surface area contributed by atoms with Gasteiger partial charge in [-0.25, -0.2) is 9.97 Å². The van der Waals surface area contributed by atoms with Crippen molar-refractivity contribution in [3.05, 3.63) is 18.1 Å². The molecule has 0 unspecified atom stereocenters. The van der Waals surface area contributed by atoms with Gasteiger partial charge in [0.2, 0.25) is 5.91 Å². The average Bonchev–Trinajstić information content (AvgIpc) is 2.99. The maximum absolute atomic E-state index is 11.6. The van der Waals surface area contributed by atoms with E-state index in [1.165, 1.54) is 0 Å². The topological polar surface area (TPSA) is 54.9 Å². The molecule has 1 aromatic heterocycles. The Labute approximate surface area is 95.5 Å². The minimum Gasteiger partial charge on any atom is -0.310 e. The molecule has 0 aliphatic heterocycles.